The van der Waals surface area contributed by atoms with Crippen molar-refractivity contribution in [3.63, 3.8) is 0 Å². The van der Waals surface area contributed by atoms with E-state index in [0.717, 1.165) is 36.3 Å². The number of carbonyl (C=O) groups excluding carboxylic acids is 1. The molecule has 0 aromatic heterocycles. The second-order valence-corrected chi connectivity index (χ2v) is 14.9. The van der Waals surface area contributed by atoms with Crippen molar-refractivity contribution >= 4 is 21.6 Å². The molecule has 272 valence electrons. The van der Waals surface area contributed by atoms with Crippen LogP contribution in [0.1, 0.15) is 56.0 Å². The lowest BCUT2D eigenvalue weighted by Crippen LogP contribution is -2.47. The first-order valence-corrected chi connectivity index (χ1v) is 18.5. The zero-order valence-corrected chi connectivity index (χ0v) is 30.3. The van der Waals surface area contributed by atoms with Crippen molar-refractivity contribution in [3.8, 4) is 23.0 Å². The topological polar surface area (TPSA) is 136 Å². The molecule has 2 heterocycles. The van der Waals surface area contributed by atoms with Crippen molar-refractivity contribution in [2.45, 2.75) is 69.7 Å². The molecule has 50 heavy (non-hydrogen) atoms. The fourth-order valence-corrected chi connectivity index (χ4v) is 7.19. The predicted octanol–water partition coefficient (Wildman–Crippen LogP) is 5.15. The zero-order valence-electron chi connectivity index (χ0n) is 29.5. The summed E-state index contributed by atoms with van der Waals surface area (Å²) in [6.07, 6.45) is 2.03. The van der Waals surface area contributed by atoms with Gasteiger partial charge in [-0.25, -0.2) is 8.42 Å². The van der Waals surface area contributed by atoms with Crippen LogP contribution < -0.4 is 23.7 Å². The number of methoxy groups -OCH3 is 1. The molecule has 0 saturated heterocycles. The Morgan fingerprint density at radius 3 is 2.50 bits per heavy atom. The van der Waals surface area contributed by atoms with Crippen LogP contribution >= 0.6 is 0 Å². The molecule has 5 rings (SSSR count). The van der Waals surface area contributed by atoms with Gasteiger partial charge in [0.1, 0.15) is 11.5 Å². The van der Waals surface area contributed by atoms with Gasteiger partial charge in [-0.15, -0.1) is 0 Å². The molecule has 4 atom stereocenters. The van der Waals surface area contributed by atoms with Crippen molar-refractivity contribution in [2.24, 2.45) is 5.92 Å². The fourth-order valence-electron chi connectivity index (χ4n) is 6.14. The quantitative estimate of drug-likeness (QED) is 0.291. The first kappa shape index (κ1) is 37.2. The number of nitrogens with one attached hydrogen (secondary N) is 1. The van der Waals surface area contributed by atoms with E-state index in [1.54, 1.807) is 36.1 Å². The third-order valence-corrected chi connectivity index (χ3v) is 10.5. The Hall–Kier alpha value is -4.04. The molecule has 0 unspecified atom stereocenters. The number of hydrogen-bond donors (Lipinski definition) is 2. The highest BCUT2D eigenvalue weighted by Gasteiger charge is 2.31. The van der Waals surface area contributed by atoms with E-state index in [2.05, 4.69) is 9.62 Å². The molecule has 3 aromatic rings. The predicted molar refractivity (Wildman–Crippen MR) is 190 cm³/mol. The van der Waals surface area contributed by atoms with E-state index < -0.39 is 16.1 Å². The maximum atomic E-state index is 14.5. The molecule has 0 spiro atoms. The lowest BCUT2D eigenvalue weighted by atomic mass is 10.0. The van der Waals surface area contributed by atoms with Gasteiger partial charge in [-0.2, -0.15) is 0 Å². The number of amides is 1. The summed E-state index contributed by atoms with van der Waals surface area (Å²) in [5.41, 5.74) is 1.50. The Kier molecular flexibility index (Phi) is 12.5. The lowest BCUT2D eigenvalue weighted by Gasteiger charge is -2.36. The number of rotatable bonds is 10. The Morgan fingerprint density at radius 2 is 1.76 bits per heavy atom. The molecule has 1 amide bonds. The highest BCUT2D eigenvalue weighted by Crippen LogP contribution is 2.33. The van der Waals surface area contributed by atoms with Gasteiger partial charge in [0.05, 0.1) is 42.4 Å². The van der Waals surface area contributed by atoms with E-state index >= 15 is 0 Å². The number of nitrogens with zero attached hydrogens (tertiary/aromatic N) is 2. The lowest BCUT2D eigenvalue weighted by molar-refractivity contribution is -0.0177. The molecule has 0 aliphatic carbocycles. The SMILES string of the molecule is COc1ccc(S(=O)(=O)Nc2ccc3c(c2)C(=O)N([C@H](C)CO)C[C@H](C)[C@@H](CN(C)Cc2ccc4c(c2)OCO4)OCCCC[C@@H](C)O3)cc1. The molecule has 13 heteroatoms. The number of aliphatic hydroxyl groups excluding tert-OH is 1. The number of likely N-dealkylation sites (N-methyl/N-ethyl adjacent to an activating group) is 1. The molecule has 0 saturated carbocycles. The molecule has 12 nitrogen and oxygen atoms in total. The van der Waals surface area contributed by atoms with Gasteiger partial charge in [0.25, 0.3) is 15.9 Å². The van der Waals surface area contributed by atoms with Crippen LogP contribution in [0, 0.1) is 5.92 Å². The van der Waals surface area contributed by atoms with Crippen LogP contribution in [-0.2, 0) is 21.3 Å². The number of ether oxygens (including phenoxy) is 5. The van der Waals surface area contributed by atoms with E-state index in [-0.39, 0.29) is 53.6 Å². The van der Waals surface area contributed by atoms with Crippen molar-refractivity contribution in [2.75, 3.05) is 52.0 Å². The normalized spacial score (nSPS) is 20.8. The summed E-state index contributed by atoms with van der Waals surface area (Å²) in [4.78, 5) is 18.3. The molecule has 2 N–H and O–H groups in total. The third kappa shape index (κ3) is 9.39. The van der Waals surface area contributed by atoms with Gasteiger partial charge in [0.2, 0.25) is 6.79 Å². The minimum absolute atomic E-state index is 0.0495. The maximum Gasteiger partial charge on any atom is 0.261 e. The summed E-state index contributed by atoms with van der Waals surface area (Å²) in [5.74, 6) is 1.87. The summed E-state index contributed by atoms with van der Waals surface area (Å²) in [5, 5.41) is 10.3. The van der Waals surface area contributed by atoms with Gasteiger partial charge in [0.15, 0.2) is 11.5 Å². The van der Waals surface area contributed by atoms with Crippen molar-refractivity contribution in [1.82, 2.24) is 9.80 Å². The Labute approximate surface area is 295 Å². The smallest absolute Gasteiger partial charge is 0.261 e. The number of fused-ring (bicyclic) bond motifs is 2. The number of anilines is 1. The van der Waals surface area contributed by atoms with Crippen LogP contribution in [0.15, 0.2) is 65.6 Å². The average molecular weight is 712 g/mol. The van der Waals surface area contributed by atoms with Gasteiger partial charge in [-0.1, -0.05) is 13.0 Å². The van der Waals surface area contributed by atoms with Gasteiger partial charge in [-0.3, -0.25) is 14.4 Å². The van der Waals surface area contributed by atoms with Gasteiger partial charge in [-0.05, 0) is 100 Å². The monoisotopic (exact) mass is 711 g/mol. The Morgan fingerprint density at radius 1 is 1.02 bits per heavy atom. The summed E-state index contributed by atoms with van der Waals surface area (Å²) in [6.45, 7) is 7.88. The second kappa shape index (κ2) is 16.8. The summed E-state index contributed by atoms with van der Waals surface area (Å²) in [7, 11) is -0.432. The van der Waals surface area contributed by atoms with Crippen LogP contribution in [0.25, 0.3) is 0 Å². The number of hydrogen-bond acceptors (Lipinski definition) is 10. The molecular weight excluding hydrogens is 662 g/mol. The number of sulfonamides is 1. The van der Waals surface area contributed by atoms with Crippen LogP contribution in [0.2, 0.25) is 0 Å². The van der Waals surface area contributed by atoms with Gasteiger partial charge in [0, 0.05) is 37.8 Å². The maximum absolute atomic E-state index is 14.5. The molecule has 2 aliphatic heterocycles. The second-order valence-electron chi connectivity index (χ2n) is 13.2. The van der Waals surface area contributed by atoms with E-state index in [0.29, 0.717) is 37.7 Å². The summed E-state index contributed by atoms with van der Waals surface area (Å²) < 4.78 is 58.2. The van der Waals surface area contributed by atoms with Gasteiger partial charge < -0.3 is 33.7 Å². The number of aliphatic hydroxyl groups is 1. The third-order valence-electron chi connectivity index (χ3n) is 9.05. The van der Waals surface area contributed by atoms with Crippen molar-refractivity contribution < 1.29 is 42.0 Å². The van der Waals surface area contributed by atoms with Crippen LogP contribution in [0.5, 0.6) is 23.0 Å². The van der Waals surface area contributed by atoms with Crippen LogP contribution in [-0.4, -0.2) is 94.7 Å². The number of carbonyl (C=O) groups is 1. The molecule has 0 bridgehead atoms. The molecule has 0 fully saturated rings. The number of benzene rings is 3. The van der Waals surface area contributed by atoms with E-state index in [9.17, 15) is 18.3 Å². The highest BCUT2D eigenvalue weighted by atomic mass is 32.2. The summed E-state index contributed by atoms with van der Waals surface area (Å²) >= 11 is 0. The standard InChI is InChI=1S/C37H49N3O9S/c1-25-20-40(26(2)23-41)37(42)32-19-29(38-50(43,44)31-13-11-30(45-5)12-14-31)10-16-33(32)49-27(3)8-6-7-17-46-36(25)22-39(4)21-28-9-15-34-35(18-28)48-24-47-34/h9-16,18-19,25-27,36,38,41H,6-8,17,20-24H2,1-5H3/t25-,26+,27+,36+/m0/s1. The Bertz CT molecular complexity index is 1700. The molecule has 3 aromatic carbocycles. The minimum atomic E-state index is -3.98. The molecule has 0 radical (unpaired) electrons. The first-order valence-electron chi connectivity index (χ1n) is 17.1. The Balaban J connectivity index is 1.40. The summed E-state index contributed by atoms with van der Waals surface area (Å²) in [6, 6.07) is 16.2. The largest absolute Gasteiger partial charge is 0.497 e. The van der Waals surface area contributed by atoms with E-state index in [1.165, 1.54) is 25.3 Å². The van der Waals surface area contributed by atoms with E-state index in [1.807, 2.05) is 39.1 Å². The average Bonchev–Trinajstić information content (AvgIpc) is 3.57. The van der Waals surface area contributed by atoms with E-state index in [4.69, 9.17) is 23.7 Å². The van der Waals surface area contributed by atoms with Crippen molar-refractivity contribution in [3.05, 3.63) is 71.8 Å². The first-order chi connectivity index (χ1) is 24.0. The van der Waals surface area contributed by atoms with Gasteiger partial charge >= 0.3 is 0 Å². The van der Waals surface area contributed by atoms with Crippen LogP contribution in [0.3, 0.4) is 0 Å². The highest BCUT2D eigenvalue weighted by molar-refractivity contribution is 7.92. The molecular formula is C37H49N3O9S. The zero-order chi connectivity index (χ0) is 35.8. The van der Waals surface area contributed by atoms with Crippen molar-refractivity contribution in [1.29, 1.82) is 0 Å². The van der Waals surface area contributed by atoms with Crippen LogP contribution in [0.4, 0.5) is 5.69 Å². The fraction of sp³-hybridized carbons (Fsp3) is 0.486. The molecule has 2 aliphatic rings. The minimum Gasteiger partial charge on any atom is -0.497 e.